The second-order valence-electron chi connectivity index (χ2n) is 7.49. The Morgan fingerprint density at radius 2 is 1.90 bits per heavy atom. The molecule has 1 fully saturated rings. The zero-order chi connectivity index (χ0) is 21.2. The zero-order valence-electron chi connectivity index (χ0n) is 17.8. The number of morpholine rings is 1. The Labute approximate surface area is 197 Å². The molecular formula is C20H35IN4O4S. The van der Waals surface area contributed by atoms with Crippen molar-refractivity contribution in [2.24, 2.45) is 4.99 Å². The molecule has 0 aliphatic carbocycles. The average molecular weight is 554 g/mol. The summed E-state index contributed by atoms with van der Waals surface area (Å²) in [7, 11) is -3.28. The van der Waals surface area contributed by atoms with Gasteiger partial charge in [-0.25, -0.2) is 8.42 Å². The van der Waals surface area contributed by atoms with Crippen LogP contribution in [-0.2, 0) is 14.6 Å². The largest absolute Gasteiger partial charge is 0.387 e. The van der Waals surface area contributed by atoms with Crippen LogP contribution in [-0.4, -0.2) is 88.2 Å². The van der Waals surface area contributed by atoms with Crippen molar-refractivity contribution in [3.8, 4) is 0 Å². The fraction of sp³-hybridized carbons (Fsp3) is 0.650. The van der Waals surface area contributed by atoms with Gasteiger partial charge in [-0.2, -0.15) is 0 Å². The minimum Gasteiger partial charge on any atom is -0.387 e. The summed E-state index contributed by atoms with van der Waals surface area (Å²) < 4.78 is 30.0. The summed E-state index contributed by atoms with van der Waals surface area (Å²) in [5.74, 6) is 0.643. The molecule has 10 heteroatoms. The standard InChI is InChI=1S/C20H34N4O4S.HI/c1-3-21-19(23-16-20(2,25)17-24-11-13-28-14-12-24)22-10-7-15-29(26,27)18-8-5-4-6-9-18;/h4-6,8-9,25H,3,7,10-17H2,1-2H3,(H2,21,22,23);1H. The average Bonchev–Trinajstić information content (AvgIpc) is 2.70. The lowest BCUT2D eigenvalue weighted by Crippen LogP contribution is -2.48. The molecule has 3 N–H and O–H groups in total. The van der Waals surface area contributed by atoms with E-state index in [2.05, 4.69) is 20.5 Å². The first-order valence-electron chi connectivity index (χ1n) is 10.1. The number of halogens is 1. The first-order chi connectivity index (χ1) is 13.8. The van der Waals surface area contributed by atoms with Gasteiger partial charge in [-0.05, 0) is 32.4 Å². The normalized spacial score (nSPS) is 17.6. The maximum atomic E-state index is 12.3. The molecule has 1 heterocycles. The first-order valence-corrected chi connectivity index (χ1v) is 11.8. The topological polar surface area (TPSA) is 103 Å². The van der Waals surface area contributed by atoms with E-state index < -0.39 is 15.4 Å². The van der Waals surface area contributed by atoms with Crippen LogP contribution in [0.15, 0.2) is 40.2 Å². The molecule has 172 valence electrons. The monoisotopic (exact) mass is 554 g/mol. The molecule has 1 aromatic carbocycles. The Bertz CT molecular complexity index is 738. The molecule has 0 amide bonds. The fourth-order valence-corrected chi connectivity index (χ4v) is 4.43. The van der Waals surface area contributed by atoms with Gasteiger partial charge in [0.05, 0.1) is 36.0 Å². The summed E-state index contributed by atoms with van der Waals surface area (Å²) in [6.45, 7) is 8.69. The van der Waals surface area contributed by atoms with Crippen LogP contribution in [0.1, 0.15) is 20.3 Å². The number of nitrogens with zero attached hydrogens (tertiary/aromatic N) is 2. The van der Waals surface area contributed by atoms with Crippen LogP contribution in [0.2, 0.25) is 0 Å². The van der Waals surface area contributed by atoms with Gasteiger partial charge in [0.1, 0.15) is 0 Å². The van der Waals surface area contributed by atoms with Crippen molar-refractivity contribution in [2.45, 2.75) is 30.8 Å². The molecule has 0 saturated carbocycles. The lowest BCUT2D eigenvalue weighted by Gasteiger charge is -2.33. The lowest BCUT2D eigenvalue weighted by atomic mass is 10.1. The number of benzene rings is 1. The quantitative estimate of drug-likeness (QED) is 0.172. The molecular weight excluding hydrogens is 519 g/mol. The molecule has 0 radical (unpaired) electrons. The fourth-order valence-electron chi connectivity index (χ4n) is 3.10. The number of aliphatic hydroxyl groups is 1. The van der Waals surface area contributed by atoms with Gasteiger partial charge < -0.3 is 20.5 Å². The highest BCUT2D eigenvalue weighted by Gasteiger charge is 2.25. The molecule has 0 bridgehead atoms. The molecule has 0 aromatic heterocycles. The SMILES string of the molecule is CCNC(=NCC(C)(O)CN1CCOCC1)NCCCS(=O)(=O)c1ccccc1.I. The van der Waals surface area contributed by atoms with Crippen LogP contribution in [0.5, 0.6) is 0 Å². The minimum atomic E-state index is -3.28. The molecule has 1 atom stereocenters. The molecule has 8 nitrogen and oxygen atoms in total. The zero-order valence-corrected chi connectivity index (χ0v) is 21.0. The van der Waals surface area contributed by atoms with Gasteiger partial charge in [-0.15, -0.1) is 24.0 Å². The third kappa shape index (κ3) is 9.90. The molecule has 1 aromatic rings. The van der Waals surface area contributed by atoms with Crippen molar-refractivity contribution < 1.29 is 18.3 Å². The second-order valence-corrected chi connectivity index (χ2v) is 9.60. The summed E-state index contributed by atoms with van der Waals surface area (Å²) >= 11 is 0. The maximum Gasteiger partial charge on any atom is 0.191 e. The smallest absolute Gasteiger partial charge is 0.191 e. The Balaban J connectivity index is 0.00000450. The number of guanidine groups is 1. The van der Waals surface area contributed by atoms with Crippen molar-refractivity contribution in [2.75, 3.05) is 58.2 Å². The highest BCUT2D eigenvalue weighted by molar-refractivity contribution is 14.0. The van der Waals surface area contributed by atoms with Gasteiger partial charge in [0.25, 0.3) is 0 Å². The molecule has 1 unspecified atom stereocenters. The maximum absolute atomic E-state index is 12.3. The van der Waals surface area contributed by atoms with Crippen LogP contribution >= 0.6 is 24.0 Å². The third-order valence-electron chi connectivity index (χ3n) is 4.57. The van der Waals surface area contributed by atoms with Gasteiger partial charge in [0.2, 0.25) is 0 Å². The number of nitrogens with one attached hydrogen (secondary N) is 2. The number of ether oxygens (including phenoxy) is 1. The summed E-state index contributed by atoms with van der Waals surface area (Å²) in [4.78, 5) is 7.00. The number of sulfone groups is 1. The van der Waals surface area contributed by atoms with E-state index in [9.17, 15) is 13.5 Å². The molecule has 0 spiro atoms. The predicted molar refractivity (Wildman–Crippen MR) is 130 cm³/mol. The van der Waals surface area contributed by atoms with E-state index in [1.54, 1.807) is 37.3 Å². The lowest BCUT2D eigenvalue weighted by molar-refractivity contribution is -0.0179. The molecule has 1 aliphatic rings. The van der Waals surface area contributed by atoms with E-state index >= 15 is 0 Å². The summed E-state index contributed by atoms with van der Waals surface area (Å²) in [6.07, 6.45) is 0.464. The van der Waals surface area contributed by atoms with E-state index in [1.807, 2.05) is 6.92 Å². The van der Waals surface area contributed by atoms with Crippen LogP contribution in [0.4, 0.5) is 0 Å². The van der Waals surface area contributed by atoms with E-state index in [4.69, 9.17) is 4.74 Å². The Morgan fingerprint density at radius 1 is 1.23 bits per heavy atom. The second kappa shape index (κ2) is 13.5. The number of hydrogen-bond acceptors (Lipinski definition) is 6. The van der Waals surface area contributed by atoms with Gasteiger partial charge in [-0.3, -0.25) is 9.89 Å². The summed E-state index contributed by atoms with van der Waals surface area (Å²) in [5.41, 5.74) is -0.948. The van der Waals surface area contributed by atoms with Crippen LogP contribution in [0.25, 0.3) is 0 Å². The van der Waals surface area contributed by atoms with Crippen molar-refractivity contribution in [1.29, 1.82) is 0 Å². The van der Waals surface area contributed by atoms with Crippen molar-refractivity contribution >= 4 is 39.8 Å². The molecule has 2 rings (SSSR count). The van der Waals surface area contributed by atoms with Gasteiger partial charge in [-0.1, -0.05) is 18.2 Å². The number of hydrogen-bond donors (Lipinski definition) is 3. The van der Waals surface area contributed by atoms with Crippen LogP contribution in [0, 0.1) is 0 Å². The van der Waals surface area contributed by atoms with E-state index in [-0.39, 0.29) is 36.3 Å². The van der Waals surface area contributed by atoms with Gasteiger partial charge in [0.15, 0.2) is 15.8 Å². The Kier molecular flexibility index (Phi) is 12.2. The van der Waals surface area contributed by atoms with E-state index in [0.29, 0.717) is 50.1 Å². The van der Waals surface area contributed by atoms with Gasteiger partial charge >= 0.3 is 0 Å². The van der Waals surface area contributed by atoms with Crippen LogP contribution < -0.4 is 10.6 Å². The summed E-state index contributed by atoms with van der Waals surface area (Å²) in [6, 6.07) is 8.48. The Morgan fingerprint density at radius 3 is 2.53 bits per heavy atom. The number of aliphatic imine (C=N–C) groups is 1. The Hall–Kier alpha value is -0.950. The first kappa shape index (κ1) is 27.1. The van der Waals surface area contributed by atoms with Crippen molar-refractivity contribution in [3.63, 3.8) is 0 Å². The predicted octanol–water partition coefficient (Wildman–Crippen LogP) is 1.11. The van der Waals surface area contributed by atoms with Crippen LogP contribution in [0.3, 0.4) is 0 Å². The van der Waals surface area contributed by atoms with Gasteiger partial charge in [0, 0.05) is 32.7 Å². The third-order valence-corrected chi connectivity index (χ3v) is 6.39. The number of β-amino-alcohol motifs (C(OH)–C–C–N with tert-alkyl or cyclic N) is 1. The number of rotatable bonds is 10. The van der Waals surface area contributed by atoms with Crippen molar-refractivity contribution in [1.82, 2.24) is 15.5 Å². The summed E-state index contributed by atoms with van der Waals surface area (Å²) in [5, 5.41) is 16.9. The van der Waals surface area contributed by atoms with E-state index in [1.165, 1.54) is 0 Å². The van der Waals surface area contributed by atoms with E-state index in [0.717, 1.165) is 13.1 Å². The highest BCUT2D eigenvalue weighted by atomic mass is 127. The molecule has 1 saturated heterocycles. The highest BCUT2D eigenvalue weighted by Crippen LogP contribution is 2.11. The van der Waals surface area contributed by atoms with Crippen molar-refractivity contribution in [3.05, 3.63) is 30.3 Å². The minimum absolute atomic E-state index is 0. The molecule has 1 aliphatic heterocycles. The molecule has 30 heavy (non-hydrogen) atoms.